The van der Waals surface area contributed by atoms with Crippen LogP contribution in [-0.4, -0.2) is 20.3 Å². The van der Waals surface area contributed by atoms with E-state index in [1.807, 2.05) is 32.9 Å². The van der Waals surface area contributed by atoms with Gasteiger partial charge in [0.15, 0.2) is 0 Å². The number of nitrogen functional groups attached to an aromatic ring is 1. The summed E-state index contributed by atoms with van der Waals surface area (Å²) >= 11 is -1.26. The van der Waals surface area contributed by atoms with Gasteiger partial charge < -0.3 is 10.3 Å². The molecule has 1 aliphatic carbocycles. The maximum atomic E-state index is 13.6. The van der Waals surface area contributed by atoms with Gasteiger partial charge in [-0.25, -0.2) is 9.37 Å². The summed E-state index contributed by atoms with van der Waals surface area (Å²) in [6, 6.07) is 11.7. The Kier molecular flexibility index (Phi) is 4.69. The number of benzene rings is 1. The highest BCUT2D eigenvalue weighted by Crippen LogP contribution is 2.54. The molecule has 1 aromatic carbocycles. The van der Waals surface area contributed by atoms with Crippen LogP contribution in [0.3, 0.4) is 0 Å². The van der Waals surface area contributed by atoms with Gasteiger partial charge in [0.25, 0.3) is 0 Å². The van der Waals surface area contributed by atoms with Crippen LogP contribution in [0, 0.1) is 17.1 Å². The predicted octanol–water partition coefficient (Wildman–Crippen LogP) is 2.78. The minimum absolute atomic E-state index is 0.0564. The second-order valence-electron chi connectivity index (χ2n) is 7.48. The molecule has 0 aliphatic heterocycles. The van der Waals surface area contributed by atoms with Crippen molar-refractivity contribution in [1.29, 1.82) is 5.26 Å². The van der Waals surface area contributed by atoms with Gasteiger partial charge in [-0.05, 0) is 57.0 Å². The van der Waals surface area contributed by atoms with Crippen molar-refractivity contribution < 1.29 is 8.94 Å². The van der Waals surface area contributed by atoms with Crippen molar-refractivity contribution in [3.8, 4) is 6.07 Å². The van der Waals surface area contributed by atoms with E-state index in [9.17, 15) is 14.2 Å². The fourth-order valence-electron chi connectivity index (χ4n) is 3.03. The Morgan fingerprint density at radius 1 is 1.38 bits per heavy atom. The first kappa shape index (κ1) is 18.6. The normalized spacial score (nSPS) is 23.3. The third-order valence-electron chi connectivity index (χ3n) is 4.60. The van der Waals surface area contributed by atoms with Crippen LogP contribution in [-0.2, 0) is 16.8 Å². The number of hydrogen-bond acceptors (Lipinski definition) is 5. The lowest BCUT2D eigenvalue weighted by atomic mass is 9.90. The Hall–Kier alpha value is -2.14. The fourth-order valence-corrected chi connectivity index (χ4v) is 3.92. The highest BCUT2D eigenvalue weighted by molar-refractivity contribution is 7.90. The molecule has 3 atom stereocenters. The van der Waals surface area contributed by atoms with Crippen LogP contribution in [0.1, 0.15) is 44.1 Å². The second-order valence-corrected chi connectivity index (χ2v) is 9.48. The summed E-state index contributed by atoms with van der Waals surface area (Å²) in [4.78, 5) is 4.44. The van der Waals surface area contributed by atoms with Gasteiger partial charge in [-0.1, -0.05) is 12.1 Å². The molecule has 136 valence electrons. The molecular formula is C19H21FN4OS. The number of hydrogen-bond donors (Lipinski definition) is 2. The smallest absolute Gasteiger partial charge is 0.146 e. The standard InChI is InChI=1S/C19H21FN4OS/c1-18(2,3)26(25)24-17-10-19(17,12-7-8-14(20)15(22)9-12)16-6-4-5-13(11-21)23-16/h4-9,17,24H,10,22H2,1-3H3/t17-,19+,26-/m1/s1. The molecule has 1 aliphatic rings. The lowest BCUT2D eigenvalue weighted by Gasteiger charge is -2.25. The van der Waals surface area contributed by atoms with Crippen LogP contribution < -0.4 is 10.5 Å². The van der Waals surface area contributed by atoms with Gasteiger partial charge in [0.05, 0.1) is 22.8 Å². The van der Waals surface area contributed by atoms with Crippen molar-refractivity contribution in [3.63, 3.8) is 0 Å². The van der Waals surface area contributed by atoms with E-state index in [1.165, 1.54) is 6.07 Å². The van der Waals surface area contributed by atoms with E-state index >= 15 is 0 Å². The largest absolute Gasteiger partial charge is 0.598 e. The van der Waals surface area contributed by atoms with E-state index < -0.39 is 27.3 Å². The number of rotatable bonds is 4. The summed E-state index contributed by atoms with van der Waals surface area (Å²) in [7, 11) is 0. The molecule has 0 unspecified atom stereocenters. The van der Waals surface area contributed by atoms with Gasteiger partial charge in [-0.15, -0.1) is 4.72 Å². The summed E-state index contributed by atoms with van der Waals surface area (Å²) in [5, 5.41) is 9.17. The minimum atomic E-state index is -1.26. The van der Waals surface area contributed by atoms with Crippen LogP contribution in [0.2, 0.25) is 0 Å². The van der Waals surface area contributed by atoms with E-state index in [1.54, 1.807) is 24.3 Å². The number of aromatic nitrogens is 1. The molecule has 5 nitrogen and oxygen atoms in total. The van der Waals surface area contributed by atoms with Crippen molar-refractivity contribution in [1.82, 2.24) is 9.71 Å². The average Bonchev–Trinajstić information content (AvgIpc) is 3.31. The maximum Gasteiger partial charge on any atom is 0.146 e. The second kappa shape index (κ2) is 6.54. The number of nitrogens with zero attached hydrogens (tertiary/aromatic N) is 2. The van der Waals surface area contributed by atoms with Crippen LogP contribution in [0.25, 0.3) is 0 Å². The third-order valence-corrected chi connectivity index (χ3v) is 6.21. The van der Waals surface area contributed by atoms with E-state index in [4.69, 9.17) is 5.73 Å². The summed E-state index contributed by atoms with van der Waals surface area (Å²) in [6.45, 7) is 5.68. The lowest BCUT2D eigenvalue weighted by Crippen LogP contribution is -2.42. The van der Waals surface area contributed by atoms with E-state index in [0.717, 1.165) is 5.56 Å². The molecule has 3 N–H and O–H groups in total. The third kappa shape index (κ3) is 3.28. The Morgan fingerprint density at radius 3 is 2.73 bits per heavy atom. The molecule has 0 radical (unpaired) electrons. The number of nitriles is 1. The predicted molar refractivity (Wildman–Crippen MR) is 100.0 cm³/mol. The highest BCUT2D eigenvalue weighted by Gasteiger charge is 2.60. The zero-order chi connectivity index (χ0) is 19.1. The first-order valence-electron chi connectivity index (χ1n) is 8.29. The maximum absolute atomic E-state index is 13.6. The van der Waals surface area contributed by atoms with Crippen molar-refractivity contribution in [3.05, 3.63) is 59.2 Å². The van der Waals surface area contributed by atoms with Crippen molar-refractivity contribution in [2.24, 2.45) is 0 Å². The van der Waals surface area contributed by atoms with Gasteiger partial charge in [0.1, 0.15) is 22.3 Å². The zero-order valence-electron chi connectivity index (χ0n) is 14.9. The molecule has 2 aromatic rings. The molecule has 1 aromatic heterocycles. The molecule has 1 saturated carbocycles. The van der Waals surface area contributed by atoms with Gasteiger partial charge in [-0.2, -0.15) is 5.26 Å². The molecule has 26 heavy (non-hydrogen) atoms. The minimum Gasteiger partial charge on any atom is -0.598 e. The Morgan fingerprint density at radius 2 is 2.12 bits per heavy atom. The molecule has 1 heterocycles. The monoisotopic (exact) mass is 372 g/mol. The van der Waals surface area contributed by atoms with E-state index in [2.05, 4.69) is 9.71 Å². The van der Waals surface area contributed by atoms with E-state index in [-0.39, 0.29) is 11.7 Å². The average molecular weight is 372 g/mol. The fraction of sp³-hybridized carbons (Fsp3) is 0.368. The van der Waals surface area contributed by atoms with Gasteiger partial charge in [0, 0.05) is 11.4 Å². The first-order chi connectivity index (χ1) is 12.2. The van der Waals surface area contributed by atoms with Crippen molar-refractivity contribution in [2.75, 3.05) is 5.73 Å². The van der Waals surface area contributed by atoms with Gasteiger partial charge >= 0.3 is 0 Å². The lowest BCUT2D eigenvalue weighted by molar-refractivity contribution is 0.539. The number of anilines is 1. The van der Waals surface area contributed by atoms with Crippen molar-refractivity contribution in [2.45, 2.75) is 43.4 Å². The molecular weight excluding hydrogens is 351 g/mol. The topological polar surface area (TPSA) is 97.8 Å². The highest BCUT2D eigenvalue weighted by atomic mass is 32.2. The first-order valence-corrected chi connectivity index (χ1v) is 9.44. The number of nitrogens with one attached hydrogen (secondary N) is 1. The van der Waals surface area contributed by atoms with Gasteiger partial charge in [-0.3, -0.25) is 0 Å². The van der Waals surface area contributed by atoms with Gasteiger partial charge in [0.2, 0.25) is 0 Å². The molecule has 7 heteroatoms. The SMILES string of the molecule is CC(C)(C)[S@@+]([O-])N[C@@H]1C[C@]1(c1ccc(F)c(N)c1)c1cccc(C#N)n1. The quantitative estimate of drug-likeness (QED) is 0.635. The van der Waals surface area contributed by atoms with Crippen LogP contribution >= 0.6 is 0 Å². The number of halogens is 1. The molecule has 0 bridgehead atoms. The zero-order valence-corrected chi connectivity index (χ0v) is 15.7. The van der Waals surface area contributed by atoms with Crippen LogP contribution in [0.5, 0.6) is 0 Å². The Labute approximate surface area is 155 Å². The number of nitrogens with two attached hydrogens (primary N) is 1. The molecule has 0 saturated heterocycles. The summed E-state index contributed by atoms with van der Waals surface area (Å²) < 4.78 is 28.9. The van der Waals surface area contributed by atoms with Crippen LogP contribution in [0.4, 0.5) is 10.1 Å². The molecule has 3 rings (SSSR count). The summed E-state index contributed by atoms with van der Waals surface area (Å²) in [5.74, 6) is -0.480. The summed E-state index contributed by atoms with van der Waals surface area (Å²) in [6.07, 6.45) is 0.641. The van der Waals surface area contributed by atoms with Crippen molar-refractivity contribution >= 4 is 17.0 Å². The molecule has 1 fully saturated rings. The molecule has 0 spiro atoms. The Balaban J connectivity index is 2.04. The Bertz CT molecular complexity index is 877. The molecule has 0 amide bonds. The van der Waals surface area contributed by atoms with Crippen LogP contribution in [0.15, 0.2) is 36.4 Å². The number of pyridine rings is 1. The van der Waals surface area contributed by atoms with E-state index in [0.29, 0.717) is 17.8 Å². The summed E-state index contributed by atoms with van der Waals surface area (Å²) in [5.41, 5.74) is 7.02.